The van der Waals surface area contributed by atoms with E-state index in [0.29, 0.717) is 17.1 Å². The van der Waals surface area contributed by atoms with Crippen LogP contribution in [0.4, 0.5) is 26.3 Å². The van der Waals surface area contributed by atoms with Crippen LogP contribution in [0.3, 0.4) is 0 Å². The minimum absolute atomic E-state index is 0.0771. The summed E-state index contributed by atoms with van der Waals surface area (Å²) in [4.78, 5) is 7.76. The molecule has 0 radical (unpaired) electrons. The zero-order chi connectivity index (χ0) is 21.5. The summed E-state index contributed by atoms with van der Waals surface area (Å²) in [5.74, 6) is 0.144. The molecule has 158 valence electrons. The summed E-state index contributed by atoms with van der Waals surface area (Å²) in [6, 6.07) is 7.74. The Morgan fingerprint density at radius 1 is 1.00 bits per heavy atom. The van der Waals surface area contributed by atoms with Crippen LogP contribution >= 0.6 is 0 Å². The van der Waals surface area contributed by atoms with Crippen molar-refractivity contribution in [3.63, 3.8) is 0 Å². The lowest BCUT2D eigenvalue weighted by Gasteiger charge is -2.15. The van der Waals surface area contributed by atoms with Crippen LogP contribution in [0.5, 0.6) is 5.88 Å². The number of nitrogens with one attached hydrogen (secondary N) is 2. The number of ether oxygens (including phenoxy) is 1. The number of nitrogens with zero attached hydrogens (tertiary/aromatic N) is 2. The Morgan fingerprint density at radius 2 is 1.66 bits per heavy atom. The molecule has 2 aromatic rings. The highest BCUT2D eigenvalue weighted by Crippen LogP contribution is 2.29. The van der Waals surface area contributed by atoms with Crippen LogP contribution in [0.2, 0.25) is 0 Å². The average molecular weight is 420 g/mol. The van der Waals surface area contributed by atoms with E-state index >= 15 is 0 Å². The Labute approximate surface area is 162 Å². The van der Waals surface area contributed by atoms with Gasteiger partial charge in [-0.2, -0.15) is 26.3 Å². The molecule has 0 fully saturated rings. The summed E-state index contributed by atoms with van der Waals surface area (Å²) in [5.41, 5.74) is 0.234. The van der Waals surface area contributed by atoms with Crippen LogP contribution in [0.15, 0.2) is 47.6 Å². The van der Waals surface area contributed by atoms with Crippen molar-refractivity contribution < 1.29 is 31.1 Å². The van der Waals surface area contributed by atoms with E-state index in [0.717, 1.165) is 12.1 Å². The van der Waals surface area contributed by atoms with Crippen LogP contribution in [-0.4, -0.2) is 30.8 Å². The third-order valence-corrected chi connectivity index (χ3v) is 3.63. The van der Waals surface area contributed by atoms with Crippen molar-refractivity contribution in [3.05, 3.63) is 59.3 Å². The molecule has 29 heavy (non-hydrogen) atoms. The molecule has 0 aliphatic carbocycles. The van der Waals surface area contributed by atoms with Crippen molar-refractivity contribution in [1.29, 1.82) is 0 Å². The fraction of sp³-hybridized carbons (Fsp3) is 0.333. The van der Waals surface area contributed by atoms with Gasteiger partial charge in [0.1, 0.15) is 0 Å². The van der Waals surface area contributed by atoms with Gasteiger partial charge in [-0.1, -0.05) is 18.2 Å². The molecule has 0 spiro atoms. The molecule has 1 heterocycles. The van der Waals surface area contributed by atoms with E-state index in [1.165, 1.54) is 25.4 Å². The zero-order valence-corrected chi connectivity index (χ0v) is 15.2. The van der Waals surface area contributed by atoms with Gasteiger partial charge in [-0.3, -0.25) is 4.99 Å². The maximum atomic E-state index is 12.6. The number of rotatable bonds is 6. The lowest BCUT2D eigenvalue weighted by Crippen LogP contribution is -2.36. The molecule has 0 saturated heterocycles. The number of hydrogen-bond donors (Lipinski definition) is 2. The minimum atomic E-state index is -4.48. The Balaban J connectivity index is 1.91. The SMILES string of the molecule is CN=C(NCc1ccc(C(F)(F)F)cc1)NCc1cccnc1OCC(F)(F)F. The quantitative estimate of drug-likeness (QED) is 0.423. The van der Waals surface area contributed by atoms with Crippen molar-refractivity contribution >= 4 is 5.96 Å². The molecule has 0 bridgehead atoms. The van der Waals surface area contributed by atoms with Gasteiger partial charge in [0.05, 0.1) is 5.56 Å². The van der Waals surface area contributed by atoms with Gasteiger partial charge in [0, 0.05) is 31.9 Å². The Kier molecular flexibility index (Phi) is 7.29. The predicted octanol–water partition coefficient (Wildman–Crippen LogP) is 3.91. The highest BCUT2D eigenvalue weighted by Gasteiger charge is 2.30. The second kappa shape index (κ2) is 9.48. The first kappa shape index (κ1) is 22.3. The van der Waals surface area contributed by atoms with E-state index in [1.807, 2.05) is 0 Å². The fourth-order valence-electron chi connectivity index (χ4n) is 2.24. The highest BCUT2D eigenvalue weighted by atomic mass is 19.4. The van der Waals surface area contributed by atoms with Crippen LogP contribution < -0.4 is 15.4 Å². The van der Waals surface area contributed by atoms with E-state index in [9.17, 15) is 26.3 Å². The molecule has 11 heteroatoms. The summed E-state index contributed by atoms with van der Waals surface area (Å²) in [7, 11) is 1.48. The maximum absolute atomic E-state index is 12.6. The van der Waals surface area contributed by atoms with Crippen LogP contribution in [0, 0.1) is 0 Å². The van der Waals surface area contributed by atoms with Gasteiger partial charge >= 0.3 is 12.4 Å². The Morgan fingerprint density at radius 3 is 2.24 bits per heavy atom. The van der Waals surface area contributed by atoms with Crippen LogP contribution in [0.1, 0.15) is 16.7 Å². The first-order chi connectivity index (χ1) is 13.6. The second-order valence-electron chi connectivity index (χ2n) is 5.85. The molecule has 0 amide bonds. The van der Waals surface area contributed by atoms with Gasteiger partial charge in [-0.15, -0.1) is 0 Å². The van der Waals surface area contributed by atoms with Gasteiger partial charge in [-0.05, 0) is 23.8 Å². The number of halogens is 6. The Bertz CT molecular complexity index is 818. The maximum Gasteiger partial charge on any atom is 0.422 e. The lowest BCUT2D eigenvalue weighted by molar-refractivity contribution is -0.154. The standard InChI is InChI=1S/C18H18F6N4O/c1-25-16(27-9-12-4-6-14(7-5-12)18(22,23)24)28-10-13-3-2-8-26-15(13)29-11-17(19,20)21/h2-8H,9-11H2,1H3,(H2,25,27,28). The van der Waals surface area contributed by atoms with Crippen molar-refractivity contribution in [3.8, 4) is 5.88 Å². The summed E-state index contributed by atoms with van der Waals surface area (Å²) in [6.45, 7) is -1.19. The predicted molar refractivity (Wildman–Crippen MR) is 94.3 cm³/mol. The number of aromatic nitrogens is 1. The molecule has 0 unspecified atom stereocenters. The molecule has 2 N–H and O–H groups in total. The van der Waals surface area contributed by atoms with Gasteiger partial charge in [0.15, 0.2) is 12.6 Å². The molecule has 0 atom stereocenters. The van der Waals surface area contributed by atoms with E-state index in [2.05, 4.69) is 20.6 Å². The molecule has 0 saturated carbocycles. The smallest absolute Gasteiger partial charge is 0.422 e. The number of alkyl halides is 6. The largest absolute Gasteiger partial charge is 0.468 e. The molecule has 2 rings (SSSR count). The third kappa shape index (κ3) is 7.51. The van der Waals surface area contributed by atoms with Crippen molar-refractivity contribution in [1.82, 2.24) is 15.6 Å². The number of pyridine rings is 1. The van der Waals surface area contributed by atoms with Crippen LogP contribution in [-0.2, 0) is 19.3 Å². The van der Waals surface area contributed by atoms with Crippen molar-refractivity contribution in [2.45, 2.75) is 25.4 Å². The van der Waals surface area contributed by atoms with Gasteiger partial charge in [0.2, 0.25) is 5.88 Å². The third-order valence-electron chi connectivity index (χ3n) is 3.63. The Hall–Kier alpha value is -2.98. The summed E-state index contributed by atoms with van der Waals surface area (Å²) < 4.78 is 79.4. The summed E-state index contributed by atoms with van der Waals surface area (Å²) >= 11 is 0. The van der Waals surface area contributed by atoms with Crippen molar-refractivity contribution in [2.75, 3.05) is 13.7 Å². The molecule has 5 nitrogen and oxygen atoms in total. The lowest BCUT2D eigenvalue weighted by atomic mass is 10.1. The van der Waals surface area contributed by atoms with Gasteiger partial charge in [-0.25, -0.2) is 4.98 Å². The first-order valence-corrected chi connectivity index (χ1v) is 8.32. The topological polar surface area (TPSA) is 58.5 Å². The highest BCUT2D eigenvalue weighted by molar-refractivity contribution is 5.79. The molecule has 0 aliphatic rings. The number of aliphatic imine (C=N–C) groups is 1. The minimum Gasteiger partial charge on any atom is -0.468 e. The molecule has 0 aliphatic heterocycles. The molecular formula is C18H18F6N4O. The summed E-state index contributed by atoms with van der Waals surface area (Å²) in [5, 5.41) is 5.79. The monoisotopic (exact) mass is 420 g/mol. The molecule has 1 aromatic carbocycles. The van der Waals surface area contributed by atoms with E-state index in [-0.39, 0.29) is 19.0 Å². The number of benzene rings is 1. The van der Waals surface area contributed by atoms with Gasteiger partial charge in [0.25, 0.3) is 0 Å². The molecule has 1 aromatic heterocycles. The second-order valence-corrected chi connectivity index (χ2v) is 5.85. The van der Waals surface area contributed by atoms with E-state index in [1.54, 1.807) is 12.1 Å². The average Bonchev–Trinajstić information content (AvgIpc) is 2.66. The summed E-state index contributed by atoms with van der Waals surface area (Å²) in [6.07, 6.45) is -7.58. The first-order valence-electron chi connectivity index (χ1n) is 8.32. The number of guanidine groups is 1. The fourth-order valence-corrected chi connectivity index (χ4v) is 2.24. The van der Waals surface area contributed by atoms with Crippen molar-refractivity contribution in [2.24, 2.45) is 4.99 Å². The van der Waals surface area contributed by atoms with E-state index < -0.39 is 24.5 Å². The molecular weight excluding hydrogens is 402 g/mol. The van der Waals surface area contributed by atoms with Gasteiger partial charge < -0.3 is 15.4 Å². The van der Waals surface area contributed by atoms with E-state index in [4.69, 9.17) is 4.74 Å². The number of hydrogen-bond acceptors (Lipinski definition) is 3. The van der Waals surface area contributed by atoms with Crippen LogP contribution in [0.25, 0.3) is 0 Å². The normalized spacial score (nSPS) is 12.6. The zero-order valence-electron chi connectivity index (χ0n) is 15.2.